The average molecular weight is 331 g/mol. The van der Waals surface area contributed by atoms with Gasteiger partial charge in [0.25, 0.3) is 0 Å². The topological polar surface area (TPSA) is 54.0 Å². The van der Waals surface area contributed by atoms with Gasteiger partial charge >= 0.3 is 0 Å². The van der Waals surface area contributed by atoms with Crippen LogP contribution in [-0.4, -0.2) is 10.9 Å². The molecule has 2 N–H and O–H groups in total. The number of anilines is 3. The molecular formula is C21H21N3O. The van der Waals surface area contributed by atoms with E-state index in [2.05, 4.69) is 34.7 Å². The minimum atomic E-state index is -0.0734. The highest BCUT2D eigenvalue weighted by molar-refractivity contribution is 5.91. The summed E-state index contributed by atoms with van der Waals surface area (Å²) in [5.41, 5.74) is 5.25. The van der Waals surface area contributed by atoms with Crippen molar-refractivity contribution >= 4 is 23.1 Å². The largest absolute Gasteiger partial charge is 0.354 e. The Morgan fingerprint density at radius 3 is 2.40 bits per heavy atom. The first-order valence-electron chi connectivity index (χ1n) is 8.24. The van der Waals surface area contributed by atoms with Crippen molar-refractivity contribution in [2.75, 3.05) is 10.6 Å². The van der Waals surface area contributed by atoms with Crippen LogP contribution in [0.3, 0.4) is 0 Å². The fourth-order valence-electron chi connectivity index (χ4n) is 2.51. The van der Waals surface area contributed by atoms with Crippen LogP contribution in [0.5, 0.6) is 0 Å². The minimum absolute atomic E-state index is 0.0734. The Morgan fingerprint density at radius 2 is 1.72 bits per heavy atom. The lowest BCUT2D eigenvalue weighted by Crippen LogP contribution is -2.15. The Kier molecular flexibility index (Phi) is 5.09. The number of aryl methyl sites for hydroxylation is 2. The summed E-state index contributed by atoms with van der Waals surface area (Å²) in [6, 6.07) is 19.8. The van der Waals surface area contributed by atoms with Crippen LogP contribution in [0, 0.1) is 13.8 Å². The summed E-state index contributed by atoms with van der Waals surface area (Å²) in [6.07, 6.45) is 2.05. The number of aromatic nitrogens is 1. The number of benzene rings is 2. The average Bonchev–Trinajstić information content (AvgIpc) is 2.59. The van der Waals surface area contributed by atoms with Gasteiger partial charge in [0.2, 0.25) is 5.91 Å². The molecule has 1 heterocycles. The summed E-state index contributed by atoms with van der Waals surface area (Å²) < 4.78 is 0. The molecular weight excluding hydrogens is 310 g/mol. The summed E-state index contributed by atoms with van der Waals surface area (Å²) >= 11 is 0. The zero-order valence-corrected chi connectivity index (χ0v) is 14.4. The number of nitrogens with one attached hydrogen (secondary N) is 2. The van der Waals surface area contributed by atoms with Crippen LogP contribution in [0.2, 0.25) is 0 Å². The van der Waals surface area contributed by atoms with Crippen LogP contribution in [0.15, 0.2) is 66.9 Å². The van der Waals surface area contributed by atoms with E-state index in [-0.39, 0.29) is 5.91 Å². The van der Waals surface area contributed by atoms with Crippen molar-refractivity contribution in [2.24, 2.45) is 0 Å². The van der Waals surface area contributed by atoms with Gasteiger partial charge in [0.15, 0.2) is 0 Å². The fourth-order valence-corrected chi connectivity index (χ4v) is 2.51. The van der Waals surface area contributed by atoms with Gasteiger partial charge in [-0.05, 0) is 49.2 Å². The molecule has 0 aliphatic heterocycles. The van der Waals surface area contributed by atoms with Crippen LogP contribution in [-0.2, 0) is 11.2 Å². The standard InChI is InChI=1S/C21H21N3O/c1-15-6-8-17(9-7-15)13-21(25)24-20-11-10-19(14-22-20)23-18-5-3-4-16(2)12-18/h3-12,14,23H,13H2,1-2H3,(H,22,24,25). The molecule has 0 atom stereocenters. The fraction of sp³-hybridized carbons (Fsp3) is 0.143. The van der Waals surface area contributed by atoms with Gasteiger partial charge in [-0.2, -0.15) is 0 Å². The summed E-state index contributed by atoms with van der Waals surface area (Å²) in [6.45, 7) is 4.08. The Labute approximate surface area is 147 Å². The van der Waals surface area contributed by atoms with Crippen molar-refractivity contribution in [3.05, 3.63) is 83.6 Å². The van der Waals surface area contributed by atoms with Gasteiger partial charge in [0.1, 0.15) is 5.82 Å². The second-order valence-electron chi connectivity index (χ2n) is 6.14. The second kappa shape index (κ2) is 7.62. The molecule has 3 rings (SSSR count). The molecule has 4 nitrogen and oxygen atoms in total. The van der Waals surface area contributed by atoms with Crippen LogP contribution >= 0.6 is 0 Å². The van der Waals surface area contributed by atoms with Crippen LogP contribution in [0.4, 0.5) is 17.2 Å². The van der Waals surface area contributed by atoms with Gasteiger partial charge in [0, 0.05) is 5.69 Å². The van der Waals surface area contributed by atoms with E-state index in [1.54, 1.807) is 12.3 Å². The monoisotopic (exact) mass is 331 g/mol. The van der Waals surface area contributed by atoms with Crippen molar-refractivity contribution in [1.29, 1.82) is 0 Å². The number of nitrogens with zero attached hydrogens (tertiary/aromatic N) is 1. The zero-order chi connectivity index (χ0) is 17.6. The third kappa shape index (κ3) is 4.91. The van der Waals surface area contributed by atoms with E-state index < -0.39 is 0 Å². The predicted molar refractivity (Wildman–Crippen MR) is 102 cm³/mol. The van der Waals surface area contributed by atoms with E-state index in [0.717, 1.165) is 16.9 Å². The summed E-state index contributed by atoms with van der Waals surface area (Å²) in [5, 5.41) is 6.12. The lowest BCUT2D eigenvalue weighted by Gasteiger charge is -2.09. The molecule has 0 aliphatic carbocycles. The minimum Gasteiger partial charge on any atom is -0.354 e. The number of rotatable bonds is 5. The van der Waals surface area contributed by atoms with Gasteiger partial charge in [-0.15, -0.1) is 0 Å². The van der Waals surface area contributed by atoms with E-state index in [4.69, 9.17) is 0 Å². The maximum absolute atomic E-state index is 12.1. The molecule has 0 saturated heterocycles. The highest BCUT2D eigenvalue weighted by Gasteiger charge is 2.05. The first-order valence-corrected chi connectivity index (χ1v) is 8.24. The number of hydrogen-bond acceptors (Lipinski definition) is 3. The number of carbonyl (C=O) groups excluding carboxylic acids is 1. The summed E-state index contributed by atoms with van der Waals surface area (Å²) in [4.78, 5) is 16.4. The molecule has 3 aromatic rings. The predicted octanol–water partition coefficient (Wildman–Crippen LogP) is 4.62. The molecule has 2 aromatic carbocycles. The van der Waals surface area contributed by atoms with E-state index >= 15 is 0 Å². The van der Waals surface area contributed by atoms with E-state index in [9.17, 15) is 4.79 Å². The molecule has 1 aromatic heterocycles. The molecule has 0 unspecified atom stereocenters. The Morgan fingerprint density at radius 1 is 0.920 bits per heavy atom. The van der Waals surface area contributed by atoms with Crippen LogP contribution in [0.25, 0.3) is 0 Å². The van der Waals surface area contributed by atoms with Gasteiger partial charge in [-0.3, -0.25) is 4.79 Å². The number of amides is 1. The highest BCUT2D eigenvalue weighted by Crippen LogP contribution is 2.18. The van der Waals surface area contributed by atoms with Crippen LogP contribution in [0.1, 0.15) is 16.7 Å². The molecule has 0 bridgehead atoms. The molecule has 0 saturated carbocycles. The first kappa shape index (κ1) is 16.7. The lowest BCUT2D eigenvalue weighted by atomic mass is 10.1. The van der Waals surface area contributed by atoms with E-state index in [1.165, 1.54) is 11.1 Å². The number of hydrogen-bond donors (Lipinski definition) is 2. The molecule has 0 spiro atoms. The second-order valence-corrected chi connectivity index (χ2v) is 6.14. The normalized spacial score (nSPS) is 10.3. The highest BCUT2D eigenvalue weighted by atomic mass is 16.1. The third-order valence-electron chi connectivity index (χ3n) is 3.82. The number of carbonyl (C=O) groups is 1. The van der Waals surface area contributed by atoms with Crippen molar-refractivity contribution in [3.8, 4) is 0 Å². The molecule has 25 heavy (non-hydrogen) atoms. The molecule has 0 fully saturated rings. The Bertz CT molecular complexity index is 855. The van der Waals surface area contributed by atoms with Gasteiger partial charge in [-0.1, -0.05) is 42.0 Å². The summed E-state index contributed by atoms with van der Waals surface area (Å²) in [7, 11) is 0. The van der Waals surface area contributed by atoms with E-state index in [0.29, 0.717) is 12.2 Å². The smallest absolute Gasteiger partial charge is 0.229 e. The van der Waals surface area contributed by atoms with Crippen molar-refractivity contribution in [3.63, 3.8) is 0 Å². The van der Waals surface area contributed by atoms with Crippen molar-refractivity contribution in [2.45, 2.75) is 20.3 Å². The SMILES string of the molecule is Cc1ccc(CC(=O)Nc2ccc(Nc3cccc(C)c3)cn2)cc1. The van der Waals surface area contributed by atoms with E-state index in [1.807, 2.05) is 49.4 Å². The number of pyridine rings is 1. The molecule has 0 aliphatic rings. The Balaban J connectivity index is 1.58. The summed E-state index contributed by atoms with van der Waals surface area (Å²) in [5.74, 6) is 0.475. The first-order chi connectivity index (χ1) is 12.1. The van der Waals surface area contributed by atoms with Gasteiger partial charge in [-0.25, -0.2) is 4.98 Å². The molecule has 1 amide bonds. The molecule has 0 radical (unpaired) electrons. The maximum Gasteiger partial charge on any atom is 0.229 e. The molecule has 4 heteroatoms. The third-order valence-corrected chi connectivity index (χ3v) is 3.82. The van der Waals surface area contributed by atoms with Gasteiger partial charge < -0.3 is 10.6 Å². The maximum atomic E-state index is 12.1. The lowest BCUT2D eigenvalue weighted by molar-refractivity contribution is -0.115. The zero-order valence-electron chi connectivity index (χ0n) is 14.4. The molecule has 126 valence electrons. The Hall–Kier alpha value is -3.14. The van der Waals surface area contributed by atoms with Crippen molar-refractivity contribution in [1.82, 2.24) is 4.98 Å². The quantitative estimate of drug-likeness (QED) is 0.717. The van der Waals surface area contributed by atoms with Crippen molar-refractivity contribution < 1.29 is 4.79 Å². The van der Waals surface area contributed by atoms with Crippen LogP contribution < -0.4 is 10.6 Å². The van der Waals surface area contributed by atoms with Gasteiger partial charge in [0.05, 0.1) is 18.3 Å².